The van der Waals surface area contributed by atoms with Crippen molar-refractivity contribution in [1.29, 1.82) is 0 Å². The third-order valence-electron chi connectivity index (χ3n) is 3.61. The van der Waals surface area contributed by atoms with E-state index in [-0.39, 0.29) is 5.78 Å². The summed E-state index contributed by atoms with van der Waals surface area (Å²) in [5, 5.41) is 1.62. The zero-order valence-corrected chi connectivity index (χ0v) is 15.4. The number of carbonyl (C=O) groups is 1. The maximum Gasteiger partial charge on any atom is 0.211 e. The average molecular weight is 396 g/mol. The summed E-state index contributed by atoms with van der Waals surface area (Å²) in [5.41, 5.74) is 4.52. The van der Waals surface area contributed by atoms with Crippen LogP contribution in [0.1, 0.15) is 23.0 Å². The molecule has 0 unspecified atom stereocenters. The first kappa shape index (κ1) is 20.3. The predicted molar refractivity (Wildman–Crippen MR) is 85.7 cm³/mol. The fourth-order valence-corrected chi connectivity index (χ4v) is 2.94. The van der Waals surface area contributed by atoms with Gasteiger partial charge in [0, 0.05) is 23.6 Å². The molecule has 136 valence electrons. The number of halogens is 2. The van der Waals surface area contributed by atoms with Crippen LogP contribution in [0.4, 0.5) is 0 Å². The van der Waals surface area contributed by atoms with Crippen molar-refractivity contribution in [3.05, 3.63) is 64.8 Å². The number of carbonyl (C=O) groups excluding carboxylic acids is 1. The summed E-state index contributed by atoms with van der Waals surface area (Å²) in [6.07, 6.45) is 0. The van der Waals surface area contributed by atoms with Crippen molar-refractivity contribution in [2.45, 2.75) is 13.8 Å². The minimum absolute atomic E-state index is 0.0458. The first-order chi connectivity index (χ1) is 12.1. The molecular weight excluding hydrogens is 381 g/mol. The van der Waals surface area contributed by atoms with Gasteiger partial charge in [0.1, 0.15) is 0 Å². The lowest BCUT2D eigenvalue weighted by Crippen LogP contribution is -2.68. The Morgan fingerprint density at radius 1 is 1.04 bits per heavy atom. The van der Waals surface area contributed by atoms with Gasteiger partial charge in [-0.25, -0.2) is 23.6 Å². The molecule has 26 heavy (non-hydrogen) atoms. The summed E-state index contributed by atoms with van der Waals surface area (Å²) in [4.78, 5) is 15.4. The van der Waals surface area contributed by atoms with E-state index in [1.807, 2.05) is 55.5 Å². The van der Waals surface area contributed by atoms with E-state index < -0.39 is 10.2 Å². The monoisotopic (exact) mass is 395 g/mol. The van der Waals surface area contributed by atoms with Gasteiger partial charge in [-0.05, 0) is 24.6 Å². The highest BCUT2D eigenvalue weighted by atomic mass is 35.7. The summed E-state index contributed by atoms with van der Waals surface area (Å²) in [7, 11) is -4.94. The van der Waals surface area contributed by atoms with E-state index >= 15 is 0 Å². The van der Waals surface area contributed by atoms with Gasteiger partial charge in [0.15, 0.2) is 11.5 Å². The number of hydrogen-bond acceptors (Lipinski definition) is 5. The standard InChI is InChI=1S/C18H14ClNO.ClHO4/c1-11-17(12(2)21)18(13-6-4-3-5-7-13)15-10-14(19)8-9-16(15)20-11;2-1(3,4)5/h3-10H,1-2H3;(H,2,3,4,5). The van der Waals surface area contributed by atoms with Crippen LogP contribution in [0, 0.1) is 17.2 Å². The van der Waals surface area contributed by atoms with E-state index in [2.05, 4.69) is 4.98 Å². The molecule has 3 rings (SSSR count). The van der Waals surface area contributed by atoms with Crippen molar-refractivity contribution < 1.29 is 38.7 Å². The van der Waals surface area contributed by atoms with E-state index in [0.717, 1.165) is 33.3 Å². The summed E-state index contributed by atoms with van der Waals surface area (Å²) < 4.78 is 34.0. The molecule has 0 radical (unpaired) electrons. The molecule has 0 saturated heterocycles. The summed E-state index contributed by atoms with van der Waals surface area (Å²) in [6.45, 7) is 3.52. The summed E-state index contributed by atoms with van der Waals surface area (Å²) in [5.74, 6) is 0.0458. The minimum Gasteiger partial charge on any atom is -0.294 e. The lowest BCUT2D eigenvalue weighted by molar-refractivity contribution is -2.00. The number of hydrogen-bond donors (Lipinski definition) is 0. The van der Waals surface area contributed by atoms with Crippen LogP contribution in [-0.4, -0.2) is 5.78 Å². The van der Waals surface area contributed by atoms with Crippen molar-refractivity contribution in [2.24, 2.45) is 0 Å². The van der Waals surface area contributed by atoms with E-state index in [1.165, 1.54) is 0 Å². The largest absolute Gasteiger partial charge is 0.294 e. The van der Waals surface area contributed by atoms with E-state index in [1.54, 1.807) is 6.92 Å². The number of ketones is 1. The number of aryl methyl sites for hydroxylation is 1. The van der Waals surface area contributed by atoms with Crippen LogP contribution < -0.4 is 23.6 Å². The van der Waals surface area contributed by atoms with E-state index in [4.69, 9.17) is 30.2 Å². The van der Waals surface area contributed by atoms with Gasteiger partial charge in [-0.2, -0.15) is 0 Å². The quantitative estimate of drug-likeness (QED) is 0.552. The van der Waals surface area contributed by atoms with Crippen LogP contribution in [0.3, 0.4) is 0 Å². The molecule has 0 aliphatic rings. The lowest BCUT2D eigenvalue weighted by atomic mass is 9.92. The second-order valence-corrected chi connectivity index (χ2v) is 6.68. The molecule has 0 fully saturated rings. The van der Waals surface area contributed by atoms with E-state index in [9.17, 15) is 4.79 Å². The zero-order chi connectivity index (χ0) is 19.5. The zero-order valence-electron chi connectivity index (χ0n) is 13.9. The summed E-state index contributed by atoms with van der Waals surface area (Å²) in [6, 6.07) is 15.6. The first-order valence-electron chi connectivity index (χ1n) is 7.41. The Hall–Kier alpha value is -2.06. The van der Waals surface area contributed by atoms with E-state index in [0.29, 0.717) is 5.02 Å². The maximum absolute atomic E-state index is 12.1. The van der Waals surface area contributed by atoms with Gasteiger partial charge in [-0.1, -0.05) is 41.9 Å². The number of aromatic nitrogens is 1. The number of fused-ring (bicyclic) bond motifs is 1. The number of aromatic amines is 1. The Kier molecular flexibility index (Phi) is 6.30. The molecule has 8 heteroatoms. The number of Topliss-reactive ketones (excluding diaryl/α,β-unsaturated/α-hetero) is 1. The van der Waals surface area contributed by atoms with Gasteiger partial charge in [0.25, 0.3) is 0 Å². The molecular formula is C18H15Cl2NO5. The molecule has 2 aromatic carbocycles. The highest BCUT2D eigenvalue weighted by Gasteiger charge is 2.21. The Morgan fingerprint density at radius 2 is 1.62 bits per heavy atom. The van der Waals surface area contributed by atoms with Crippen molar-refractivity contribution in [3.63, 3.8) is 0 Å². The maximum atomic E-state index is 12.1. The third kappa shape index (κ3) is 5.22. The Bertz CT molecular complexity index is 934. The fraction of sp³-hybridized carbons (Fsp3) is 0.111. The molecule has 0 spiro atoms. The number of nitrogens with one attached hydrogen (secondary N) is 1. The molecule has 6 nitrogen and oxygen atoms in total. The van der Waals surface area contributed by atoms with Crippen LogP contribution in [0.5, 0.6) is 0 Å². The van der Waals surface area contributed by atoms with Crippen molar-refractivity contribution in [1.82, 2.24) is 0 Å². The first-order valence-corrected chi connectivity index (χ1v) is 9.02. The molecule has 0 aliphatic heterocycles. The van der Waals surface area contributed by atoms with Crippen molar-refractivity contribution >= 4 is 28.3 Å². The molecule has 1 heterocycles. The third-order valence-corrected chi connectivity index (χ3v) is 3.85. The Morgan fingerprint density at radius 3 is 2.15 bits per heavy atom. The normalized spacial score (nSPS) is 11.0. The smallest absolute Gasteiger partial charge is 0.211 e. The molecule has 0 saturated carbocycles. The van der Waals surface area contributed by atoms with Gasteiger partial charge >= 0.3 is 0 Å². The van der Waals surface area contributed by atoms with Crippen LogP contribution in [0.25, 0.3) is 22.0 Å². The molecule has 1 N–H and O–H groups in total. The van der Waals surface area contributed by atoms with Gasteiger partial charge in [0.05, 0.1) is 10.9 Å². The average Bonchev–Trinajstić information content (AvgIpc) is 2.53. The number of H-pyrrole nitrogens is 1. The topological polar surface area (TPSA) is 123 Å². The SMILES string of the molecule is CC(=O)c1c(C)[nH+]c2ccc(Cl)cc2c1-c1ccccc1.[O-][Cl+3]([O-])([O-])[O-]. The second-order valence-electron chi connectivity index (χ2n) is 5.49. The molecule has 3 aromatic rings. The summed E-state index contributed by atoms with van der Waals surface area (Å²) >= 11 is 6.15. The van der Waals surface area contributed by atoms with Crippen molar-refractivity contribution in [3.8, 4) is 11.1 Å². The van der Waals surface area contributed by atoms with Crippen molar-refractivity contribution in [2.75, 3.05) is 0 Å². The number of pyridine rings is 1. The van der Waals surface area contributed by atoms with Gasteiger partial charge in [-0.15, -0.1) is 10.2 Å². The van der Waals surface area contributed by atoms with Gasteiger partial charge in [-0.3, -0.25) is 4.79 Å². The minimum atomic E-state index is -4.94. The predicted octanol–water partition coefficient (Wildman–Crippen LogP) is -0.271. The van der Waals surface area contributed by atoms with Gasteiger partial charge in [0.2, 0.25) is 5.52 Å². The molecule has 0 amide bonds. The molecule has 0 bridgehead atoms. The van der Waals surface area contributed by atoms with Crippen LogP contribution in [0.2, 0.25) is 5.02 Å². The molecule has 1 aromatic heterocycles. The number of rotatable bonds is 2. The lowest BCUT2D eigenvalue weighted by Gasteiger charge is -2.17. The number of benzene rings is 2. The second kappa shape index (κ2) is 8.09. The molecule has 0 aliphatic carbocycles. The van der Waals surface area contributed by atoms with Gasteiger partial charge < -0.3 is 0 Å². The Balaban J connectivity index is 0.000000431. The van der Waals surface area contributed by atoms with Crippen LogP contribution >= 0.6 is 11.6 Å². The fourth-order valence-electron chi connectivity index (χ4n) is 2.76. The van der Waals surface area contributed by atoms with Crippen LogP contribution in [-0.2, 0) is 0 Å². The Labute approximate surface area is 157 Å². The highest BCUT2D eigenvalue weighted by Crippen LogP contribution is 2.33. The molecule has 0 atom stereocenters. The van der Waals surface area contributed by atoms with Crippen LogP contribution in [0.15, 0.2) is 48.5 Å². The highest BCUT2D eigenvalue weighted by molar-refractivity contribution is 6.31.